The molecular formula is C12H7ClN2O5. The summed E-state index contributed by atoms with van der Waals surface area (Å²) in [4.78, 5) is 24.6. The lowest BCUT2D eigenvalue weighted by molar-refractivity contribution is -0.385. The lowest BCUT2D eigenvalue weighted by Gasteiger charge is -2.06. The monoisotopic (exact) mass is 294 g/mol. The second-order valence-electron chi connectivity index (χ2n) is 3.66. The Morgan fingerprint density at radius 3 is 2.70 bits per heavy atom. The molecule has 8 heteroatoms. The highest BCUT2D eigenvalue weighted by Gasteiger charge is 2.12. The van der Waals surface area contributed by atoms with Crippen molar-refractivity contribution in [2.24, 2.45) is 0 Å². The van der Waals surface area contributed by atoms with E-state index in [-0.39, 0.29) is 27.9 Å². The van der Waals surface area contributed by atoms with Gasteiger partial charge in [-0.2, -0.15) is 0 Å². The normalized spacial score (nSPS) is 10.1. The molecule has 0 radical (unpaired) electrons. The third-order valence-electron chi connectivity index (χ3n) is 2.32. The summed E-state index contributed by atoms with van der Waals surface area (Å²) in [6.45, 7) is 0. The van der Waals surface area contributed by atoms with Crippen molar-refractivity contribution in [3.63, 3.8) is 0 Å². The number of halogens is 1. The van der Waals surface area contributed by atoms with Crippen LogP contribution < -0.4 is 4.74 Å². The molecule has 0 aliphatic carbocycles. The molecule has 2 rings (SSSR count). The summed E-state index contributed by atoms with van der Waals surface area (Å²) >= 11 is 5.88. The van der Waals surface area contributed by atoms with E-state index in [0.717, 1.165) is 6.07 Å². The minimum absolute atomic E-state index is 0.00866. The Hall–Kier alpha value is -2.67. The summed E-state index contributed by atoms with van der Waals surface area (Å²) in [7, 11) is 0. The first-order chi connectivity index (χ1) is 9.47. The minimum atomic E-state index is -1.12. The molecule has 0 fully saturated rings. The molecule has 0 saturated heterocycles. The molecule has 7 nitrogen and oxygen atoms in total. The van der Waals surface area contributed by atoms with Gasteiger partial charge in [-0.25, -0.2) is 9.78 Å². The largest absolute Gasteiger partial charge is 0.478 e. The molecule has 102 valence electrons. The number of aromatic carboxylic acids is 1. The Morgan fingerprint density at radius 2 is 2.10 bits per heavy atom. The van der Waals surface area contributed by atoms with Crippen molar-refractivity contribution < 1.29 is 19.6 Å². The fourth-order valence-corrected chi connectivity index (χ4v) is 1.62. The van der Waals surface area contributed by atoms with Crippen LogP contribution in [0.4, 0.5) is 5.69 Å². The molecule has 1 heterocycles. The Kier molecular flexibility index (Phi) is 3.81. The van der Waals surface area contributed by atoms with E-state index in [1.54, 1.807) is 0 Å². The van der Waals surface area contributed by atoms with E-state index < -0.39 is 10.9 Å². The molecule has 1 N–H and O–H groups in total. The molecule has 0 amide bonds. The molecule has 0 atom stereocenters. The number of carboxylic acids is 1. The first-order valence-electron chi connectivity index (χ1n) is 5.28. The number of carbonyl (C=O) groups is 1. The van der Waals surface area contributed by atoms with E-state index in [4.69, 9.17) is 21.4 Å². The van der Waals surface area contributed by atoms with Crippen LogP contribution in [0.3, 0.4) is 0 Å². The maximum Gasteiger partial charge on any atom is 0.335 e. The molecule has 0 spiro atoms. The van der Waals surface area contributed by atoms with E-state index in [2.05, 4.69) is 4.98 Å². The maximum absolute atomic E-state index is 10.8. The highest BCUT2D eigenvalue weighted by molar-refractivity contribution is 6.32. The number of benzene rings is 1. The van der Waals surface area contributed by atoms with E-state index in [1.807, 2.05) is 0 Å². The quantitative estimate of drug-likeness (QED) is 0.686. The van der Waals surface area contributed by atoms with Gasteiger partial charge in [0.15, 0.2) is 0 Å². The van der Waals surface area contributed by atoms with Crippen molar-refractivity contribution in [2.45, 2.75) is 0 Å². The van der Waals surface area contributed by atoms with Crippen molar-refractivity contribution in [2.75, 3.05) is 0 Å². The zero-order chi connectivity index (χ0) is 14.7. The van der Waals surface area contributed by atoms with Gasteiger partial charge in [-0.3, -0.25) is 10.1 Å². The zero-order valence-corrected chi connectivity index (χ0v) is 10.6. The number of carboxylic acid groups (broad SMARTS) is 1. The molecule has 0 saturated carbocycles. The Morgan fingerprint density at radius 1 is 1.35 bits per heavy atom. The van der Waals surface area contributed by atoms with Crippen molar-refractivity contribution in [3.8, 4) is 11.6 Å². The zero-order valence-electron chi connectivity index (χ0n) is 9.82. The average molecular weight is 295 g/mol. The van der Waals surface area contributed by atoms with Crippen molar-refractivity contribution >= 4 is 23.3 Å². The van der Waals surface area contributed by atoms with Gasteiger partial charge in [0.05, 0.1) is 21.6 Å². The van der Waals surface area contributed by atoms with Crippen LogP contribution in [0, 0.1) is 10.1 Å². The highest BCUT2D eigenvalue weighted by Crippen LogP contribution is 2.30. The number of pyridine rings is 1. The van der Waals surface area contributed by atoms with Gasteiger partial charge in [0, 0.05) is 12.3 Å². The van der Waals surface area contributed by atoms with Crippen molar-refractivity contribution in [3.05, 3.63) is 57.2 Å². The lowest BCUT2D eigenvalue weighted by atomic mass is 10.2. The van der Waals surface area contributed by atoms with Crippen LogP contribution in [-0.2, 0) is 0 Å². The van der Waals surface area contributed by atoms with Crippen molar-refractivity contribution in [1.82, 2.24) is 4.98 Å². The van der Waals surface area contributed by atoms with Gasteiger partial charge in [-0.1, -0.05) is 11.6 Å². The summed E-state index contributed by atoms with van der Waals surface area (Å²) in [6, 6.07) is 6.24. The minimum Gasteiger partial charge on any atom is -0.478 e. The standard InChI is InChI=1S/C12H7ClN2O5/c13-9-5-7(12(16)17)1-2-10(9)20-11-6-8(15(18)19)3-4-14-11/h1-6H,(H,16,17). The second kappa shape index (κ2) is 5.54. The Balaban J connectivity index is 2.28. The summed E-state index contributed by atoms with van der Waals surface area (Å²) in [5.41, 5.74) is -0.164. The number of hydrogen-bond donors (Lipinski definition) is 1. The van der Waals surface area contributed by atoms with Crippen LogP contribution in [0.5, 0.6) is 11.6 Å². The third-order valence-corrected chi connectivity index (χ3v) is 2.62. The molecule has 1 aromatic heterocycles. The van der Waals surface area contributed by atoms with E-state index >= 15 is 0 Å². The van der Waals surface area contributed by atoms with Gasteiger partial charge < -0.3 is 9.84 Å². The van der Waals surface area contributed by atoms with E-state index in [0.29, 0.717) is 0 Å². The molecular weight excluding hydrogens is 288 g/mol. The summed E-state index contributed by atoms with van der Waals surface area (Å²) in [5, 5.41) is 19.5. The maximum atomic E-state index is 10.8. The average Bonchev–Trinajstić information content (AvgIpc) is 2.41. The van der Waals surface area contributed by atoms with Crippen molar-refractivity contribution in [1.29, 1.82) is 0 Å². The van der Waals surface area contributed by atoms with Crippen LogP contribution in [0.1, 0.15) is 10.4 Å². The van der Waals surface area contributed by atoms with Gasteiger partial charge in [0.2, 0.25) is 5.88 Å². The van der Waals surface area contributed by atoms with Gasteiger partial charge in [0.25, 0.3) is 5.69 Å². The van der Waals surface area contributed by atoms with Gasteiger partial charge in [-0.15, -0.1) is 0 Å². The lowest BCUT2D eigenvalue weighted by Crippen LogP contribution is -1.97. The fourth-order valence-electron chi connectivity index (χ4n) is 1.40. The Bertz CT molecular complexity index is 689. The number of nitrogens with zero attached hydrogens (tertiary/aromatic N) is 2. The van der Waals surface area contributed by atoms with Gasteiger partial charge >= 0.3 is 5.97 Å². The van der Waals surface area contributed by atoms with E-state index in [9.17, 15) is 14.9 Å². The first-order valence-corrected chi connectivity index (χ1v) is 5.66. The fraction of sp³-hybridized carbons (Fsp3) is 0. The summed E-state index contributed by atoms with van der Waals surface area (Å²) < 4.78 is 5.29. The number of ether oxygens (including phenoxy) is 1. The summed E-state index contributed by atoms with van der Waals surface area (Å²) in [5.74, 6) is -0.972. The predicted octanol–water partition coefficient (Wildman–Crippen LogP) is 3.13. The number of aromatic nitrogens is 1. The first kappa shape index (κ1) is 13.8. The number of hydrogen-bond acceptors (Lipinski definition) is 5. The van der Waals surface area contributed by atoms with E-state index in [1.165, 1.54) is 30.5 Å². The summed E-state index contributed by atoms with van der Waals surface area (Å²) in [6.07, 6.45) is 1.23. The van der Waals surface area contributed by atoms with Gasteiger partial charge in [-0.05, 0) is 18.2 Å². The smallest absolute Gasteiger partial charge is 0.335 e. The molecule has 0 aliphatic rings. The second-order valence-corrected chi connectivity index (χ2v) is 4.07. The highest BCUT2D eigenvalue weighted by atomic mass is 35.5. The SMILES string of the molecule is O=C(O)c1ccc(Oc2cc([N+](=O)[O-])ccn2)c(Cl)c1. The third kappa shape index (κ3) is 3.01. The van der Waals surface area contributed by atoms with Crippen LogP contribution >= 0.6 is 11.6 Å². The van der Waals surface area contributed by atoms with Gasteiger partial charge in [0.1, 0.15) is 5.75 Å². The molecule has 0 bridgehead atoms. The molecule has 20 heavy (non-hydrogen) atoms. The molecule has 0 unspecified atom stereocenters. The topological polar surface area (TPSA) is 103 Å². The molecule has 0 aliphatic heterocycles. The van der Waals surface area contributed by atoms with Crippen LogP contribution in [-0.4, -0.2) is 21.0 Å². The van der Waals surface area contributed by atoms with Crippen LogP contribution in [0.25, 0.3) is 0 Å². The molecule has 1 aromatic carbocycles. The number of rotatable bonds is 4. The number of nitro groups is 1. The van der Waals surface area contributed by atoms with Crippen LogP contribution in [0.2, 0.25) is 5.02 Å². The Labute approximate surface area is 117 Å². The molecule has 2 aromatic rings. The predicted molar refractivity (Wildman–Crippen MR) is 69.4 cm³/mol. The van der Waals surface area contributed by atoms with Crippen LogP contribution in [0.15, 0.2) is 36.5 Å².